The first-order chi connectivity index (χ1) is 13.4. The second-order valence-corrected chi connectivity index (χ2v) is 8.96. The molecule has 1 fully saturated rings. The molecule has 3 atom stereocenters. The van der Waals surface area contributed by atoms with Gasteiger partial charge >= 0.3 is 0 Å². The van der Waals surface area contributed by atoms with E-state index in [4.69, 9.17) is 0 Å². The first-order valence-corrected chi connectivity index (χ1v) is 10.1. The highest BCUT2D eigenvalue weighted by molar-refractivity contribution is 7.93. The summed E-state index contributed by atoms with van der Waals surface area (Å²) in [6.07, 6.45) is 1.30. The molecule has 1 saturated carbocycles. The number of benzene rings is 2. The predicted octanol–water partition coefficient (Wildman–Crippen LogP) is 3.75. The molecule has 0 radical (unpaired) electrons. The summed E-state index contributed by atoms with van der Waals surface area (Å²) in [6.45, 7) is 3.72. The van der Waals surface area contributed by atoms with Gasteiger partial charge < -0.3 is 0 Å². The van der Waals surface area contributed by atoms with E-state index < -0.39 is 31.8 Å². The van der Waals surface area contributed by atoms with Crippen LogP contribution in [0.2, 0.25) is 0 Å². The van der Waals surface area contributed by atoms with Gasteiger partial charge in [-0.15, -0.1) is 6.58 Å². The summed E-state index contributed by atoms with van der Waals surface area (Å²) in [5.74, 6) is -2.03. The molecule has 0 amide bonds. The lowest BCUT2D eigenvalue weighted by Crippen LogP contribution is -2.46. The third-order valence-corrected chi connectivity index (χ3v) is 7.92. The summed E-state index contributed by atoms with van der Waals surface area (Å²) >= 11 is 0. The quantitative estimate of drug-likeness (QED) is 0.743. The van der Waals surface area contributed by atoms with E-state index in [9.17, 15) is 24.2 Å². The first-order valence-electron chi connectivity index (χ1n) is 8.64. The van der Waals surface area contributed by atoms with Gasteiger partial charge in [-0.3, -0.25) is 0 Å². The van der Waals surface area contributed by atoms with E-state index in [1.807, 2.05) is 18.2 Å². The highest BCUT2D eigenvalue weighted by atomic mass is 32.2. The molecular formula is C22H17N3O2S. The SMILES string of the molecule is C=C[C@@H]1CC(C#N)(C#N)[C@@H](c2ccccc2)[C@]1(C#N)S(=O)(=O)c1ccccc1. The van der Waals surface area contributed by atoms with Crippen molar-refractivity contribution in [3.8, 4) is 18.2 Å². The molecule has 0 N–H and O–H groups in total. The molecule has 0 bridgehead atoms. The van der Waals surface area contributed by atoms with Crippen LogP contribution in [-0.4, -0.2) is 13.2 Å². The van der Waals surface area contributed by atoms with Crippen molar-refractivity contribution in [2.45, 2.75) is 22.0 Å². The van der Waals surface area contributed by atoms with Crippen LogP contribution < -0.4 is 0 Å². The Bertz CT molecular complexity index is 1110. The second kappa shape index (κ2) is 6.97. The molecule has 1 aliphatic carbocycles. The highest BCUT2D eigenvalue weighted by Gasteiger charge is 2.69. The molecule has 2 aromatic carbocycles. The molecule has 0 aromatic heterocycles. The number of nitrogens with zero attached hydrogens (tertiary/aromatic N) is 3. The van der Waals surface area contributed by atoms with Crippen LogP contribution in [0.4, 0.5) is 0 Å². The number of nitriles is 3. The molecule has 138 valence electrons. The minimum absolute atomic E-state index is 0.0176. The van der Waals surface area contributed by atoms with Gasteiger partial charge in [0.05, 0.1) is 23.1 Å². The predicted molar refractivity (Wildman–Crippen MR) is 103 cm³/mol. The number of rotatable bonds is 4. The highest BCUT2D eigenvalue weighted by Crippen LogP contribution is 2.61. The van der Waals surface area contributed by atoms with Gasteiger partial charge in [-0.25, -0.2) is 8.42 Å². The van der Waals surface area contributed by atoms with Crippen LogP contribution in [0.5, 0.6) is 0 Å². The van der Waals surface area contributed by atoms with Gasteiger partial charge in [0.25, 0.3) is 0 Å². The molecule has 0 heterocycles. The Morgan fingerprint density at radius 1 is 0.929 bits per heavy atom. The van der Waals surface area contributed by atoms with Gasteiger partial charge in [-0.05, 0) is 24.1 Å². The Hall–Kier alpha value is -3.40. The van der Waals surface area contributed by atoms with Crippen molar-refractivity contribution in [3.63, 3.8) is 0 Å². The van der Waals surface area contributed by atoms with Gasteiger partial charge in [-0.2, -0.15) is 15.8 Å². The van der Waals surface area contributed by atoms with Crippen molar-refractivity contribution in [2.75, 3.05) is 0 Å². The molecular weight excluding hydrogens is 370 g/mol. The van der Waals surface area contributed by atoms with Gasteiger partial charge in [0.2, 0.25) is 0 Å². The van der Waals surface area contributed by atoms with Gasteiger partial charge in [-0.1, -0.05) is 54.6 Å². The van der Waals surface area contributed by atoms with Crippen LogP contribution in [0.15, 0.2) is 78.2 Å². The molecule has 3 rings (SSSR count). The average Bonchev–Trinajstić information content (AvgIpc) is 3.06. The standard InChI is InChI=1S/C22H17N3O2S/c1-2-18-13-21(14-23,15-24)20(17-9-5-3-6-10-17)22(18,16-25)28(26,27)19-11-7-4-8-12-19/h2-12,18,20H,1,13H2/t18-,20-,22-/m1/s1. The van der Waals surface area contributed by atoms with Crippen molar-refractivity contribution in [1.82, 2.24) is 0 Å². The molecule has 28 heavy (non-hydrogen) atoms. The zero-order chi connectivity index (χ0) is 20.4. The average molecular weight is 387 g/mol. The Labute approximate surface area is 164 Å². The summed E-state index contributed by atoms with van der Waals surface area (Å²) in [4.78, 5) is -0.0176. The number of allylic oxidation sites excluding steroid dienone is 1. The summed E-state index contributed by atoms with van der Waals surface area (Å²) in [6, 6.07) is 22.2. The Morgan fingerprint density at radius 2 is 1.46 bits per heavy atom. The lowest BCUT2D eigenvalue weighted by Gasteiger charge is -2.34. The van der Waals surface area contributed by atoms with Crippen LogP contribution in [0.1, 0.15) is 17.9 Å². The summed E-state index contributed by atoms with van der Waals surface area (Å²) in [5, 5.41) is 30.1. The third kappa shape index (κ3) is 2.45. The summed E-state index contributed by atoms with van der Waals surface area (Å²) in [7, 11) is -4.23. The fourth-order valence-corrected chi connectivity index (χ4v) is 6.49. The topological polar surface area (TPSA) is 106 Å². The lowest BCUT2D eigenvalue weighted by atomic mass is 9.73. The van der Waals surface area contributed by atoms with Crippen LogP contribution >= 0.6 is 0 Å². The van der Waals surface area contributed by atoms with Crippen molar-refractivity contribution in [2.24, 2.45) is 11.3 Å². The van der Waals surface area contributed by atoms with Gasteiger partial charge in [0.15, 0.2) is 20.0 Å². The zero-order valence-electron chi connectivity index (χ0n) is 15.0. The maximum atomic E-state index is 13.8. The molecule has 0 aliphatic heterocycles. The van der Waals surface area contributed by atoms with Crippen molar-refractivity contribution in [3.05, 3.63) is 78.9 Å². The molecule has 0 spiro atoms. The third-order valence-electron chi connectivity index (χ3n) is 5.50. The van der Waals surface area contributed by atoms with E-state index in [1.165, 1.54) is 18.2 Å². The van der Waals surface area contributed by atoms with Crippen molar-refractivity contribution < 1.29 is 8.42 Å². The fraction of sp³-hybridized carbons (Fsp3) is 0.227. The maximum absolute atomic E-state index is 13.8. The van der Waals surface area contributed by atoms with Crippen LogP contribution in [0.25, 0.3) is 0 Å². The van der Waals surface area contributed by atoms with E-state index in [-0.39, 0.29) is 11.3 Å². The van der Waals surface area contributed by atoms with Crippen LogP contribution in [0.3, 0.4) is 0 Å². The minimum atomic E-state index is -4.23. The molecule has 0 unspecified atom stereocenters. The Balaban J connectivity index is 2.43. The number of hydrogen-bond acceptors (Lipinski definition) is 5. The monoisotopic (exact) mass is 387 g/mol. The normalized spacial score (nSPS) is 25.8. The van der Waals surface area contributed by atoms with E-state index in [2.05, 4.69) is 6.58 Å². The summed E-state index contributed by atoms with van der Waals surface area (Å²) in [5.41, 5.74) is -1.20. The smallest absolute Gasteiger partial charge is 0.198 e. The molecule has 5 nitrogen and oxygen atoms in total. The Morgan fingerprint density at radius 3 is 1.93 bits per heavy atom. The number of sulfone groups is 1. The van der Waals surface area contributed by atoms with E-state index >= 15 is 0 Å². The van der Waals surface area contributed by atoms with Gasteiger partial charge in [0, 0.05) is 11.8 Å². The maximum Gasteiger partial charge on any atom is 0.198 e. The van der Waals surface area contributed by atoms with Crippen LogP contribution in [0, 0.1) is 45.3 Å². The van der Waals surface area contributed by atoms with Crippen LogP contribution in [-0.2, 0) is 9.84 Å². The molecule has 6 heteroatoms. The van der Waals surface area contributed by atoms with E-state index in [1.54, 1.807) is 48.5 Å². The van der Waals surface area contributed by atoms with Crippen molar-refractivity contribution >= 4 is 9.84 Å². The Kier molecular flexibility index (Phi) is 4.82. The molecule has 1 aliphatic rings. The molecule has 0 saturated heterocycles. The zero-order valence-corrected chi connectivity index (χ0v) is 15.8. The van der Waals surface area contributed by atoms with E-state index in [0.717, 1.165) is 0 Å². The second-order valence-electron chi connectivity index (χ2n) is 6.81. The van der Waals surface area contributed by atoms with Crippen molar-refractivity contribution in [1.29, 1.82) is 15.8 Å². The minimum Gasteiger partial charge on any atom is -0.222 e. The van der Waals surface area contributed by atoms with E-state index in [0.29, 0.717) is 5.56 Å². The fourth-order valence-electron chi connectivity index (χ4n) is 4.23. The molecule has 2 aromatic rings. The summed E-state index contributed by atoms with van der Waals surface area (Å²) < 4.78 is 25.5. The largest absolute Gasteiger partial charge is 0.222 e. The van der Waals surface area contributed by atoms with Gasteiger partial charge in [0.1, 0.15) is 0 Å². The number of hydrogen-bond donors (Lipinski definition) is 0. The lowest BCUT2D eigenvalue weighted by molar-refractivity contribution is 0.445. The first kappa shape index (κ1) is 19.4.